The zero-order chi connectivity index (χ0) is 28.9. The van der Waals surface area contributed by atoms with Crippen molar-refractivity contribution in [2.45, 2.75) is 25.7 Å². The first-order valence-electron chi connectivity index (χ1n) is 13.8. The van der Waals surface area contributed by atoms with E-state index in [1.165, 1.54) is 28.8 Å². The number of anilines is 3. The van der Waals surface area contributed by atoms with Crippen molar-refractivity contribution in [3.63, 3.8) is 0 Å². The summed E-state index contributed by atoms with van der Waals surface area (Å²) in [5, 5.41) is 0. The Morgan fingerprint density at radius 3 is 1.37 bits per heavy atom. The highest BCUT2D eigenvalue weighted by molar-refractivity contribution is 5.81. The Labute approximate surface area is 242 Å². The van der Waals surface area contributed by atoms with Gasteiger partial charge < -0.3 is 14.4 Å². The molecule has 0 fully saturated rings. The lowest BCUT2D eigenvalue weighted by molar-refractivity contribution is -0.138. The van der Waals surface area contributed by atoms with Crippen molar-refractivity contribution in [1.82, 2.24) is 0 Å². The highest BCUT2D eigenvalue weighted by atomic mass is 16.5. The van der Waals surface area contributed by atoms with Gasteiger partial charge in [0.15, 0.2) is 0 Å². The summed E-state index contributed by atoms with van der Waals surface area (Å²) in [5.74, 6) is -0.784. The molecule has 0 amide bonds. The lowest BCUT2D eigenvalue weighted by Crippen LogP contribution is -2.10. The van der Waals surface area contributed by atoms with E-state index in [9.17, 15) is 9.59 Å². The van der Waals surface area contributed by atoms with Crippen LogP contribution < -0.4 is 4.90 Å². The summed E-state index contributed by atoms with van der Waals surface area (Å²) < 4.78 is 10.2. The van der Waals surface area contributed by atoms with Gasteiger partial charge in [0.1, 0.15) is 0 Å². The Bertz CT molecular complexity index is 1350. The summed E-state index contributed by atoms with van der Waals surface area (Å²) in [5.41, 5.74) is 7.83. The average molecular weight is 546 g/mol. The summed E-state index contributed by atoms with van der Waals surface area (Å²) in [7, 11) is 0. The molecule has 0 saturated carbocycles. The van der Waals surface area contributed by atoms with Gasteiger partial charge in [0.25, 0.3) is 0 Å². The maximum absolute atomic E-state index is 11.3. The number of esters is 2. The maximum atomic E-state index is 11.3. The fourth-order valence-corrected chi connectivity index (χ4v) is 4.52. The Balaban J connectivity index is 1.52. The SMILES string of the molecule is C=CC(=O)OCCCc1ccc(N(c2ccc(CCCOC(=O)C=C)cc2)c2ccc(-c3ccccc3)cc2)cc1. The van der Waals surface area contributed by atoms with Crippen LogP contribution in [0.1, 0.15) is 24.0 Å². The number of aryl methyl sites for hydroxylation is 2. The van der Waals surface area contributed by atoms with Crippen LogP contribution in [0.15, 0.2) is 128 Å². The molecule has 0 bridgehead atoms. The number of hydrogen-bond acceptors (Lipinski definition) is 5. The molecule has 0 aliphatic carbocycles. The molecule has 5 heteroatoms. The maximum Gasteiger partial charge on any atom is 0.330 e. The first-order chi connectivity index (χ1) is 20.1. The fourth-order valence-electron chi connectivity index (χ4n) is 4.52. The Kier molecular flexibility index (Phi) is 10.7. The third kappa shape index (κ3) is 8.54. The van der Waals surface area contributed by atoms with Crippen molar-refractivity contribution >= 4 is 29.0 Å². The van der Waals surface area contributed by atoms with Crippen LogP contribution in [0.25, 0.3) is 11.1 Å². The van der Waals surface area contributed by atoms with Crippen LogP contribution >= 0.6 is 0 Å². The zero-order valence-electron chi connectivity index (χ0n) is 23.2. The third-order valence-corrected chi connectivity index (χ3v) is 6.66. The lowest BCUT2D eigenvalue weighted by atomic mass is 10.0. The first-order valence-corrected chi connectivity index (χ1v) is 13.8. The van der Waals surface area contributed by atoms with E-state index in [-0.39, 0.29) is 0 Å². The zero-order valence-corrected chi connectivity index (χ0v) is 23.2. The second kappa shape index (κ2) is 15.0. The van der Waals surface area contributed by atoms with Gasteiger partial charge in [0.05, 0.1) is 13.2 Å². The van der Waals surface area contributed by atoms with Gasteiger partial charge in [-0.25, -0.2) is 9.59 Å². The first kappa shape index (κ1) is 29.1. The van der Waals surface area contributed by atoms with Gasteiger partial charge in [-0.1, -0.05) is 79.9 Å². The van der Waals surface area contributed by atoms with Crippen LogP contribution in [-0.4, -0.2) is 25.2 Å². The highest BCUT2D eigenvalue weighted by Gasteiger charge is 2.13. The van der Waals surface area contributed by atoms with Crippen LogP contribution in [0.2, 0.25) is 0 Å². The summed E-state index contributed by atoms with van der Waals surface area (Å²) in [4.78, 5) is 24.8. The molecule has 208 valence electrons. The topological polar surface area (TPSA) is 55.8 Å². The van der Waals surface area contributed by atoms with Crippen molar-refractivity contribution < 1.29 is 19.1 Å². The minimum atomic E-state index is -0.392. The third-order valence-electron chi connectivity index (χ3n) is 6.66. The standard InChI is InChI=1S/C36H35NO4/c1-3-35(38)40-26-8-10-28-14-20-32(21-15-28)37(34-24-18-31(19-25-34)30-12-6-5-7-13-30)33-22-16-29(17-23-33)11-9-27-41-36(39)4-2/h3-7,12-25H,1-2,8-11,26-27H2. The van der Waals surface area contributed by atoms with E-state index in [0.717, 1.165) is 48.3 Å². The number of rotatable bonds is 14. The number of carbonyl (C=O) groups excluding carboxylic acids is 2. The van der Waals surface area contributed by atoms with Crippen molar-refractivity contribution in [3.8, 4) is 11.1 Å². The summed E-state index contributed by atoms with van der Waals surface area (Å²) in [6.45, 7) is 7.59. The number of benzene rings is 4. The van der Waals surface area contributed by atoms with Crippen LogP contribution in [0.4, 0.5) is 17.1 Å². The van der Waals surface area contributed by atoms with Crippen LogP contribution in [0.3, 0.4) is 0 Å². The van der Waals surface area contributed by atoms with Crippen LogP contribution in [-0.2, 0) is 31.9 Å². The molecule has 0 atom stereocenters. The van der Waals surface area contributed by atoms with Gasteiger partial charge in [0.2, 0.25) is 0 Å². The van der Waals surface area contributed by atoms with Gasteiger partial charge in [-0.15, -0.1) is 0 Å². The predicted octanol–water partition coefficient (Wildman–Crippen LogP) is 8.15. The minimum Gasteiger partial charge on any atom is -0.463 e. The van der Waals surface area contributed by atoms with Crippen molar-refractivity contribution in [3.05, 3.63) is 140 Å². The molecule has 0 saturated heterocycles. The molecule has 0 radical (unpaired) electrons. The van der Waals surface area contributed by atoms with E-state index in [4.69, 9.17) is 9.47 Å². The molecule has 4 aromatic rings. The van der Waals surface area contributed by atoms with Gasteiger partial charge >= 0.3 is 11.9 Å². The smallest absolute Gasteiger partial charge is 0.330 e. The summed E-state index contributed by atoms with van der Waals surface area (Å²) in [6, 6.07) is 35.9. The molecule has 0 N–H and O–H groups in total. The molecular formula is C36H35NO4. The fraction of sp³-hybridized carbons (Fsp3) is 0.167. The average Bonchev–Trinajstić information content (AvgIpc) is 3.03. The lowest BCUT2D eigenvalue weighted by Gasteiger charge is -2.26. The Morgan fingerprint density at radius 1 is 0.561 bits per heavy atom. The van der Waals surface area contributed by atoms with E-state index in [1.807, 2.05) is 18.2 Å². The Hall–Kier alpha value is -4.90. The van der Waals surface area contributed by atoms with Crippen molar-refractivity contribution in [1.29, 1.82) is 0 Å². The highest BCUT2D eigenvalue weighted by Crippen LogP contribution is 2.36. The number of nitrogens with zero attached hydrogens (tertiary/aromatic N) is 1. The van der Waals surface area contributed by atoms with Gasteiger partial charge in [0, 0.05) is 29.2 Å². The summed E-state index contributed by atoms with van der Waals surface area (Å²) >= 11 is 0. The second-order valence-electron chi connectivity index (χ2n) is 9.53. The molecule has 0 aromatic heterocycles. The molecule has 41 heavy (non-hydrogen) atoms. The number of ether oxygens (including phenoxy) is 2. The molecule has 4 rings (SSSR count). The van der Waals surface area contributed by atoms with Crippen LogP contribution in [0, 0.1) is 0 Å². The molecule has 0 aliphatic heterocycles. The van der Waals surface area contributed by atoms with Gasteiger partial charge in [-0.3, -0.25) is 0 Å². The number of hydrogen-bond donors (Lipinski definition) is 0. The quantitative estimate of drug-likeness (QED) is 0.0909. The molecule has 0 aliphatic rings. The summed E-state index contributed by atoms with van der Waals surface area (Å²) in [6.07, 6.45) is 5.49. The van der Waals surface area contributed by atoms with E-state index in [1.54, 1.807) is 0 Å². The van der Waals surface area contributed by atoms with Crippen LogP contribution in [0.5, 0.6) is 0 Å². The van der Waals surface area contributed by atoms with E-state index < -0.39 is 11.9 Å². The predicted molar refractivity (Wildman–Crippen MR) is 166 cm³/mol. The Morgan fingerprint density at radius 2 is 0.951 bits per heavy atom. The molecular weight excluding hydrogens is 510 g/mol. The van der Waals surface area contributed by atoms with E-state index in [0.29, 0.717) is 13.2 Å². The molecule has 5 nitrogen and oxygen atoms in total. The number of carbonyl (C=O) groups is 2. The second-order valence-corrected chi connectivity index (χ2v) is 9.53. The molecule has 0 heterocycles. The van der Waals surface area contributed by atoms with Crippen molar-refractivity contribution in [2.75, 3.05) is 18.1 Å². The molecule has 0 spiro atoms. The molecule has 4 aromatic carbocycles. The largest absolute Gasteiger partial charge is 0.463 e. The van der Waals surface area contributed by atoms with E-state index in [2.05, 4.69) is 103 Å². The minimum absolute atomic E-state index is 0.371. The van der Waals surface area contributed by atoms with Gasteiger partial charge in [-0.2, -0.15) is 0 Å². The van der Waals surface area contributed by atoms with E-state index >= 15 is 0 Å². The molecule has 0 unspecified atom stereocenters. The van der Waals surface area contributed by atoms with Gasteiger partial charge in [-0.05, 0) is 84.3 Å². The normalized spacial score (nSPS) is 10.4. The monoisotopic (exact) mass is 545 g/mol. The van der Waals surface area contributed by atoms with Crippen molar-refractivity contribution in [2.24, 2.45) is 0 Å².